The SMILES string of the molecule is COC(=O)c1cn(N(Cc2cc(OCc3ccccc3)c(OC)cc2Br)C(C)C)ccc1=O. The monoisotopic (exact) mass is 514 g/mol. The van der Waals surface area contributed by atoms with Crippen LogP contribution in [0, 0.1) is 0 Å². The van der Waals surface area contributed by atoms with Crippen molar-refractivity contribution in [3.63, 3.8) is 0 Å². The fraction of sp³-hybridized carbons (Fsp3) is 0.280. The minimum atomic E-state index is -0.666. The Morgan fingerprint density at radius 2 is 1.82 bits per heavy atom. The first-order valence-electron chi connectivity index (χ1n) is 10.4. The van der Waals surface area contributed by atoms with Gasteiger partial charge in [-0.2, -0.15) is 0 Å². The summed E-state index contributed by atoms with van der Waals surface area (Å²) in [6.45, 7) is 4.95. The van der Waals surface area contributed by atoms with Crippen molar-refractivity contribution in [3.8, 4) is 11.5 Å². The molecule has 0 amide bonds. The van der Waals surface area contributed by atoms with Gasteiger partial charge in [0.15, 0.2) is 16.9 Å². The molecule has 0 spiro atoms. The molecule has 33 heavy (non-hydrogen) atoms. The van der Waals surface area contributed by atoms with Crippen LogP contribution in [0.2, 0.25) is 0 Å². The van der Waals surface area contributed by atoms with Crippen molar-refractivity contribution in [1.29, 1.82) is 0 Å². The van der Waals surface area contributed by atoms with Crippen LogP contribution in [0.4, 0.5) is 0 Å². The number of carbonyl (C=O) groups excluding carboxylic acids is 1. The summed E-state index contributed by atoms with van der Waals surface area (Å²) in [5, 5.41) is 2.01. The number of rotatable bonds is 9. The Morgan fingerprint density at radius 1 is 1.09 bits per heavy atom. The number of halogens is 1. The van der Waals surface area contributed by atoms with Crippen molar-refractivity contribution < 1.29 is 19.0 Å². The quantitative estimate of drug-likeness (QED) is 0.390. The third-order valence-electron chi connectivity index (χ3n) is 5.11. The third kappa shape index (κ3) is 5.96. The molecule has 0 bridgehead atoms. The highest BCUT2D eigenvalue weighted by Gasteiger charge is 2.18. The summed E-state index contributed by atoms with van der Waals surface area (Å²) in [6, 6.07) is 15.1. The maximum Gasteiger partial charge on any atom is 0.343 e. The van der Waals surface area contributed by atoms with E-state index >= 15 is 0 Å². The van der Waals surface area contributed by atoms with E-state index in [4.69, 9.17) is 14.2 Å². The minimum absolute atomic E-state index is 0.0219. The third-order valence-corrected chi connectivity index (χ3v) is 5.84. The highest BCUT2D eigenvalue weighted by molar-refractivity contribution is 9.10. The van der Waals surface area contributed by atoms with E-state index in [1.165, 1.54) is 19.4 Å². The number of nitrogens with zero attached hydrogens (tertiary/aromatic N) is 2. The first kappa shape index (κ1) is 24.4. The van der Waals surface area contributed by atoms with Gasteiger partial charge >= 0.3 is 5.97 Å². The second-order valence-corrected chi connectivity index (χ2v) is 8.51. The lowest BCUT2D eigenvalue weighted by Crippen LogP contribution is -2.40. The summed E-state index contributed by atoms with van der Waals surface area (Å²) in [4.78, 5) is 24.1. The molecule has 3 rings (SSSR count). The molecule has 3 aromatic rings. The van der Waals surface area contributed by atoms with Crippen LogP contribution >= 0.6 is 15.9 Å². The van der Waals surface area contributed by atoms with Crippen LogP contribution in [-0.4, -0.2) is 30.9 Å². The van der Waals surface area contributed by atoms with E-state index in [1.807, 2.05) is 61.3 Å². The number of benzene rings is 2. The summed E-state index contributed by atoms with van der Waals surface area (Å²) < 4.78 is 18.9. The van der Waals surface area contributed by atoms with E-state index in [9.17, 15) is 9.59 Å². The van der Waals surface area contributed by atoms with Crippen molar-refractivity contribution in [2.24, 2.45) is 0 Å². The minimum Gasteiger partial charge on any atom is -0.493 e. The average molecular weight is 515 g/mol. The van der Waals surface area contributed by atoms with Gasteiger partial charge in [-0.3, -0.25) is 9.47 Å². The molecule has 1 heterocycles. The number of pyridine rings is 1. The maximum atomic E-state index is 12.1. The van der Waals surface area contributed by atoms with Crippen LogP contribution in [-0.2, 0) is 17.9 Å². The van der Waals surface area contributed by atoms with Gasteiger partial charge in [-0.25, -0.2) is 4.79 Å². The number of ether oxygens (including phenoxy) is 3. The van der Waals surface area contributed by atoms with Crippen molar-refractivity contribution in [1.82, 2.24) is 4.68 Å². The van der Waals surface area contributed by atoms with Crippen molar-refractivity contribution >= 4 is 21.9 Å². The number of hydrogen-bond donors (Lipinski definition) is 0. The lowest BCUT2D eigenvalue weighted by atomic mass is 10.1. The molecule has 0 unspecified atom stereocenters. The predicted octanol–water partition coefficient (Wildman–Crippen LogP) is 4.53. The van der Waals surface area contributed by atoms with Gasteiger partial charge in [0, 0.05) is 29.0 Å². The molecule has 0 fully saturated rings. The average Bonchev–Trinajstić information content (AvgIpc) is 2.82. The Bertz CT molecular complexity index is 1160. The fourth-order valence-corrected chi connectivity index (χ4v) is 3.76. The van der Waals surface area contributed by atoms with Gasteiger partial charge in [0.25, 0.3) is 0 Å². The van der Waals surface area contributed by atoms with Crippen LogP contribution in [0.25, 0.3) is 0 Å². The van der Waals surface area contributed by atoms with Crippen LogP contribution in [0.1, 0.15) is 35.3 Å². The van der Waals surface area contributed by atoms with Gasteiger partial charge in [-0.15, -0.1) is 0 Å². The molecule has 0 atom stereocenters. The number of aromatic nitrogens is 1. The van der Waals surface area contributed by atoms with Gasteiger partial charge in [0.1, 0.15) is 12.2 Å². The molecule has 0 saturated heterocycles. The van der Waals surface area contributed by atoms with Gasteiger partial charge < -0.3 is 19.2 Å². The van der Waals surface area contributed by atoms with Crippen molar-refractivity contribution in [2.75, 3.05) is 19.2 Å². The Labute approximate surface area is 201 Å². The lowest BCUT2D eigenvalue weighted by molar-refractivity contribution is 0.0598. The standard InChI is InChI=1S/C25H27BrN2O5/c1-17(2)28(27-11-10-22(29)20(15-27)25(30)32-4)14-19-12-24(23(31-3)13-21(19)26)33-16-18-8-6-5-7-9-18/h5-13,15,17H,14,16H2,1-4H3. The largest absolute Gasteiger partial charge is 0.493 e. The van der Waals surface area contributed by atoms with E-state index in [-0.39, 0.29) is 17.0 Å². The Balaban J connectivity index is 1.92. The summed E-state index contributed by atoms with van der Waals surface area (Å²) in [7, 11) is 2.86. The van der Waals surface area contributed by atoms with Gasteiger partial charge in [-0.1, -0.05) is 46.3 Å². The Morgan fingerprint density at radius 3 is 2.45 bits per heavy atom. The molecular weight excluding hydrogens is 488 g/mol. The smallest absolute Gasteiger partial charge is 0.343 e. The Hall–Kier alpha value is -3.26. The molecule has 174 valence electrons. The molecule has 8 heteroatoms. The summed E-state index contributed by atoms with van der Waals surface area (Å²) >= 11 is 3.63. The number of esters is 1. The lowest BCUT2D eigenvalue weighted by Gasteiger charge is -2.32. The zero-order valence-electron chi connectivity index (χ0n) is 19.1. The molecule has 0 N–H and O–H groups in total. The summed E-state index contributed by atoms with van der Waals surface area (Å²) in [6.07, 6.45) is 3.14. The normalized spacial score (nSPS) is 10.7. The van der Waals surface area contributed by atoms with Crippen molar-refractivity contribution in [3.05, 3.63) is 92.3 Å². The topological polar surface area (TPSA) is 70.0 Å². The molecule has 0 aliphatic rings. The molecule has 7 nitrogen and oxygen atoms in total. The zero-order chi connectivity index (χ0) is 24.0. The zero-order valence-corrected chi connectivity index (χ0v) is 20.7. The van der Waals surface area contributed by atoms with E-state index in [0.717, 1.165) is 15.6 Å². The number of methoxy groups -OCH3 is 2. The molecule has 0 radical (unpaired) electrons. The highest BCUT2D eigenvalue weighted by atomic mass is 79.9. The molecule has 0 aliphatic carbocycles. The molecule has 1 aromatic heterocycles. The molecular formula is C25H27BrN2O5. The number of carbonyl (C=O) groups is 1. The van der Waals surface area contributed by atoms with E-state index in [1.54, 1.807) is 18.0 Å². The van der Waals surface area contributed by atoms with Crippen molar-refractivity contribution in [2.45, 2.75) is 33.0 Å². The number of hydrogen-bond acceptors (Lipinski definition) is 6. The second-order valence-electron chi connectivity index (χ2n) is 7.65. The Kier molecular flexibility index (Phi) is 8.16. The second kappa shape index (κ2) is 11.0. The molecule has 2 aromatic carbocycles. The van der Waals surface area contributed by atoms with E-state index in [0.29, 0.717) is 24.7 Å². The predicted molar refractivity (Wildman–Crippen MR) is 131 cm³/mol. The summed E-state index contributed by atoms with van der Waals surface area (Å²) in [5.41, 5.74) is 1.60. The van der Waals surface area contributed by atoms with E-state index < -0.39 is 5.97 Å². The maximum absolute atomic E-state index is 12.1. The van der Waals surface area contributed by atoms with Crippen LogP contribution in [0.15, 0.2) is 70.2 Å². The van der Waals surface area contributed by atoms with Crippen LogP contribution in [0.3, 0.4) is 0 Å². The first-order valence-corrected chi connectivity index (χ1v) is 11.2. The van der Waals surface area contributed by atoms with Gasteiger partial charge in [0.05, 0.1) is 20.8 Å². The van der Waals surface area contributed by atoms with Gasteiger partial charge in [0.2, 0.25) is 0 Å². The fourth-order valence-electron chi connectivity index (χ4n) is 3.31. The van der Waals surface area contributed by atoms with Crippen LogP contribution in [0.5, 0.6) is 11.5 Å². The highest BCUT2D eigenvalue weighted by Crippen LogP contribution is 2.34. The van der Waals surface area contributed by atoms with Crippen LogP contribution < -0.4 is 19.9 Å². The molecule has 0 aliphatic heterocycles. The van der Waals surface area contributed by atoms with E-state index in [2.05, 4.69) is 15.9 Å². The summed E-state index contributed by atoms with van der Waals surface area (Å²) in [5.74, 6) is 0.577. The van der Waals surface area contributed by atoms with Gasteiger partial charge in [-0.05, 0) is 37.1 Å². The first-order chi connectivity index (χ1) is 15.8. The molecule has 0 saturated carbocycles.